The van der Waals surface area contributed by atoms with E-state index < -0.39 is 0 Å². The molecule has 0 aliphatic rings. The summed E-state index contributed by atoms with van der Waals surface area (Å²) in [4.78, 5) is 16.5. The van der Waals surface area contributed by atoms with Gasteiger partial charge in [-0.05, 0) is 47.4 Å². The molecule has 0 radical (unpaired) electrons. The van der Waals surface area contributed by atoms with Crippen molar-refractivity contribution in [3.63, 3.8) is 0 Å². The maximum Gasteiger partial charge on any atom is 0.262 e. The average Bonchev–Trinajstić information content (AvgIpc) is 2.61. The van der Waals surface area contributed by atoms with Crippen molar-refractivity contribution >= 4 is 34.1 Å². The molecule has 0 atom stereocenters. The molecule has 4 nitrogen and oxygen atoms in total. The number of nitrogens with one attached hydrogen (secondary N) is 1. The Morgan fingerprint density at radius 2 is 1.85 bits per heavy atom. The number of pyridine rings is 1. The summed E-state index contributed by atoms with van der Waals surface area (Å²) in [7, 11) is 0. The molecule has 0 saturated heterocycles. The summed E-state index contributed by atoms with van der Waals surface area (Å²) in [6.07, 6.45) is 1.67. The van der Waals surface area contributed by atoms with Crippen molar-refractivity contribution in [3.05, 3.63) is 65.3 Å². The molecule has 26 heavy (non-hydrogen) atoms. The number of carbonyl (C=O) groups excluding carboxylic acids is 1. The Kier molecular flexibility index (Phi) is 5.14. The second-order valence-electron chi connectivity index (χ2n) is 7.11. The summed E-state index contributed by atoms with van der Waals surface area (Å²) in [5.74, 6) is 0.302. The minimum Gasteiger partial charge on any atom is -0.481 e. The number of carbonyl (C=O) groups is 1. The van der Waals surface area contributed by atoms with Crippen molar-refractivity contribution in [1.82, 2.24) is 4.98 Å². The highest BCUT2D eigenvalue weighted by Crippen LogP contribution is 2.29. The number of rotatable bonds is 4. The Hall–Kier alpha value is -2.59. The summed E-state index contributed by atoms with van der Waals surface area (Å²) < 4.78 is 5.65. The zero-order valence-corrected chi connectivity index (χ0v) is 15.8. The van der Waals surface area contributed by atoms with E-state index in [4.69, 9.17) is 16.3 Å². The van der Waals surface area contributed by atoms with Gasteiger partial charge >= 0.3 is 0 Å². The van der Waals surface area contributed by atoms with Gasteiger partial charge in [-0.25, -0.2) is 0 Å². The molecule has 0 aliphatic carbocycles. The molecule has 1 amide bonds. The first kappa shape index (κ1) is 18.2. The van der Waals surface area contributed by atoms with E-state index in [1.165, 1.54) is 5.56 Å². The third-order valence-electron chi connectivity index (χ3n) is 4.07. The van der Waals surface area contributed by atoms with Crippen molar-refractivity contribution in [2.45, 2.75) is 26.2 Å². The fraction of sp³-hybridized carbons (Fsp3) is 0.238. The Morgan fingerprint density at radius 1 is 1.12 bits per heavy atom. The number of fused-ring (bicyclic) bond motifs is 1. The summed E-state index contributed by atoms with van der Waals surface area (Å²) in [5, 5.41) is 4.24. The van der Waals surface area contributed by atoms with Gasteiger partial charge in [0, 0.05) is 17.3 Å². The van der Waals surface area contributed by atoms with E-state index in [0.29, 0.717) is 16.3 Å². The molecule has 5 heteroatoms. The molecular weight excluding hydrogens is 348 g/mol. The molecule has 0 saturated carbocycles. The van der Waals surface area contributed by atoms with Crippen molar-refractivity contribution in [2.75, 3.05) is 11.9 Å². The quantitative estimate of drug-likeness (QED) is 0.688. The normalized spacial score (nSPS) is 11.4. The number of hydrogen-bond donors (Lipinski definition) is 1. The van der Waals surface area contributed by atoms with Crippen LogP contribution in [0.1, 0.15) is 26.3 Å². The Balaban J connectivity index is 1.66. The Labute approximate surface area is 158 Å². The van der Waals surface area contributed by atoms with Crippen LogP contribution >= 0.6 is 11.6 Å². The molecular formula is C21H21ClN2O2. The molecule has 0 unspecified atom stereocenters. The van der Waals surface area contributed by atoms with Crippen LogP contribution in [0.25, 0.3) is 10.9 Å². The van der Waals surface area contributed by atoms with Crippen LogP contribution in [0, 0.1) is 0 Å². The highest BCUT2D eigenvalue weighted by atomic mass is 35.5. The molecule has 2 aromatic carbocycles. The third-order valence-corrected chi connectivity index (χ3v) is 4.40. The van der Waals surface area contributed by atoms with Gasteiger partial charge in [-0.2, -0.15) is 0 Å². The first-order chi connectivity index (χ1) is 12.3. The predicted molar refractivity (Wildman–Crippen MR) is 106 cm³/mol. The second kappa shape index (κ2) is 7.34. The van der Waals surface area contributed by atoms with Crippen LogP contribution in [0.2, 0.25) is 5.02 Å². The van der Waals surface area contributed by atoms with Gasteiger partial charge in [-0.1, -0.05) is 44.5 Å². The van der Waals surface area contributed by atoms with Crippen LogP contribution in [0.15, 0.2) is 54.7 Å². The van der Waals surface area contributed by atoms with Crippen molar-refractivity contribution in [3.8, 4) is 5.75 Å². The molecule has 134 valence electrons. The molecule has 0 fully saturated rings. The van der Waals surface area contributed by atoms with Crippen LogP contribution in [0.3, 0.4) is 0 Å². The first-order valence-electron chi connectivity index (χ1n) is 8.41. The second-order valence-corrected chi connectivity index (χ2v) is 7.52. The largest absolute Gasteiger partial charge is 0.481 e. The zero-order chi connectivity index (χ0) is 18.7. The number of amides is 1. The van der Waals surface area contributed by atoms with E-state index in [0.717, 1.165) is 11.1 Å². The summed E-state index contributed by atoms with van der Waals surface area (Å²) in [5.41, 5.74) is 2.67. The third kappa shape index (κ3) is 4.14. The van der Waals surface area contributed by atoms with Gasteiger partial charge in [0.2, 0.25) is 0 Å². The lowest BCUT2D eigenvalue weighted by Crippen LogP contribution is -2.20. The lowest BCUT2D eigenvalue weighted by atomic mass is 9.87. The lowest BCUT2D eigenvalue weighted by molar-refractivity contribution is -0.118. The SMILES string of the molecule is CC(C)(C)c1ccc(NC(=O)COc2ccc(Cl)c3cccnc23)cc1. The summed E-state index contributed by atoms with van der Waals surface area (Å²) >= 11 is 6.17. The van der Waals surface area contributed by atoms with Gasteiger partial charge in [-0.3, -0.25) is 9.78 Å². The monoisotopic (exact) mass is 368 g/mol. The zero-order valence-electron chi connectivity index (χ0n) is 15.0. The molecule has 1 heterocycles. The molecule has 1 aromatic heterocycles. The van der Waals surface area contributed by atoms with Crippen molar-refractivity contribution in [2.24, 2.45) is 0 Å². The van der Waals surface area contributed by atoms with E-state index in [9.17, 15) is 4.79 Å². The number of benzene rings is 2. The van der Waals surface area contributed by atoms with E-state index in [1.54, 1.807) is 18.3 Å². The number of anilines is 1. The van der Waals surface area contributed by atoms with Gasteiger partial charge in [0.25, 0.3) is 5.91 Å². The molecule has 3 rings (SSSR count). The standard InChI is InChI=1S/C21H21ClN2O2/c1-21(2,3)14-6-8-15(9-7-14)24-19(25)13-26-18-11-10-17(22)16-5-4-12-23-20(16)18/h4-12H,13H2,1-3H3,(H,24,25). The predicted octanol–water partition coefficient (Wildman–Crippen LogP) is 5.20. The fourth-order valence-electron chi connectivity index (χ4n) is 2.62. The van der Waals surface area contributed by atoms with Crippen LogP contribution in [-0.2, 0) is 10.2 Å². The van der Waals surface area contributed by atoms with Gasteiger partial charge in [-0.15, -0.1) is 0 Å². The van der Waals surface area contributed by atoms with E-state index in [-0.39, 0.29) is 17.9 Å². The van der Waals surface area contributed by atoms with Crippen molar-refractivity contribution in [1.29, 1.82) is 0 Å². The molecule has 1 N–H and O–H groups in total. The van der Waals surface area contributed by atoms with Gasteiger partial charge in [0.15, 0.2) is 6.61 Å². The van der Waals surface area contributed by atoms with Gasteiger partial charge in [0.05, 0.1) is 5.02 Å². The topological polar surface area (TPSA) is 51.2 Å². The number of aromatic nitrogens is 1. The Bertz CT molecular complexity index is 931. The maximum atomic E-state index is 12.2. The molecule has 3 aromatic rings. The number of ether oxygens (including phenoxy) is 1. The van der Waals surface area contributed by atoms with Crippen LogP contribution in [-0.4, -0.2) is 17.5 Å². The van der Waals surface area contributed by atoms with Crippen LogP contribution in [0.5, 0.6) is 5.75 Å². The highest BCUT2D eigenvalue weighted by molar-refractivity contribution is 6.35. The molecule has 0 aliphatic heterocycles. The number of halogens is 1. The van der Waals surface area contributed by atoms with Gasteiger partial charge < -0.3 is 10.1 Å². The van der Waals surface area contributed by atoms with Crippen molar-refractivity contribution < 1.29 is 9.53 Å². The lowest BCUT2D eigenvalue weighted by Gasteiger charge is -2.19. The highest BCUT2D eigenvalue weighted by Gasteiger charge is 2.13. The van der Waals surface area contributed by atoms with Gasteiger partial charge in [0.1, 0.15) is 11.3 Å². The van der Waals surface area contributed by atoms with E-state index in [2.05, 4.69) is 31.1 Å². The van der Waals surface area contributed by atoms with E-state index in [1.807, 2.05) is 36.4 Å². The number of hydrogen-bond acceptors (Lipinski definition) is 3. The maximum absolute atomic E-state index is 12.2. The van der Waals surface area contributed by atoms with Crippen LogP contribution in [0.4, 0.5) is 5.69 Å². The molecule has 0 spiro atoms. The average molecular weight is 369 g/mol. The van der Waals surface area contributed by atoms with Crippen LogP contribution < -0.4 is 10.1 Å². The fourth-order valence-corrected chi connectivity index (χ4v) is 2.84. The molecule has 0 bridgehead atoms. The minimum atomic E-state index is -0.229. The van der Waals surface area contributed by atoms with E-state index >= 15 is 0 Å². The minimum absolute atomic E-state index is 0.0777. The first-order valence-corrected chi connectivity index (χ1v) is 8.79. The smallest absolute Gasteiger partial charge is 0.262 e. The Morgan fingerprint density at radius 3 is 2.54 bits per heavy atom. The summed E-state index contributed by atoms with van der Waals surface area (Å²) in [6.45, 7) is 6.35. The summed E-state index contributed by atoms with van der Waals surface area (Å²) in [6, 6.07) is 15.0. The number of nitrogens with zero attached hydrogens (tertiary/aromatic N) is 1.